The highest BCUT2D eigenvalue weighted by Gasteiger charge is 2.01. The summed E-state index contributed by atoms with van der Waals surface area (Å²) in [6.07, 6.45) is 2.51. The van der Waals surface area contributed by atoms with Crippen molar-refractivity contribution < 1.29 is 14.2 Å². The van der Waals surface area contributed by atoms with E-state index < -0.39 is 0 Å². The topological polar surface area (TPSA) is 27.7 Å². The quantitative estimate of drug-likeness (QED) is 0.667. The molecule has 0 heterocycles. The molecule has 0 atom stereocenters. The Bertz CT molecular complexity index is 361. The van der Waals surface area contributed by atoms with Gasteiger partial charge in [-0.15, -0.1) is 0 Å². The predicted molar refractivity (Wildman–Crippen MR) is 53.4 cm³/mol. The first kappa shape index (κ1) is 10.3. The number of benzene rings is 1. The molecule has 0 N–H and O–H groups in total. The molecule has 0 saturated carbocycles. The predicted octanol–water partition coefficient (Wildman–Crippen LogP) is 1.66. The first-order valence-corrected chi connectivity index (χ1v) is 4.08. The molecule has 1 rings (SSSR count). The molecule has 1 aromatic rings. The zero-order chi connectivity index (χ0) is 10.4. The van der Waals surface area contributed by atoms with Gasteiger partial charge >= 0.3 is 0 Å². The minimum Gasteiger partial charge on any atom is -0.497 e. The van der Waals surface area contributed by atoms with Crippen LogP contribution >= 0.6 is 0 Å². The molecule has 1 aromatic carbocycles. The number of hydrogen-bond acceptors (Lipinski definition) is 3. The Balaban J connectivity index is 3.05. The van der Waals surface area contributed by atoms with Crippen LogP contribution in [0.3, 0.4) is 0 Å². The zero-order valence-electron chi connectivity index (χ0n) is 8.46. The highest BCUT2D eigenvalue weighted by molar-refractivity contribution is 5.49. The van der Waals surface area contributed by atoms with E-state index in [1.165, 1.54) is 7.11 Å². The first-order valence-electron chi connectivity index (χ1n) is 4.08. The Morgan fingerprint density at radius 1 is 1.07 bits per heavy atom. The van der Waals surface area contributed by atoms with Crippen molar-refractivity contribution >= 4 is 0 Å². The second-order valence-corrected chi connectivity index (χ2v) is 2.50. The fourth-order valence-electron chi connectivity index (χ4n) is 1.01. The highest BCUT2D eigenvalue weighted by Crippen LogP contribution is 2.23. The van der Waals surface area contributed by atoms with Gasteiger partial charge in [0.2, 0.25) is 0 Å². The standard InChI is InChI=1S/C11H12O3/c1-12-7-6-9-4-5-10(13-2)8-11(9)14-3/h4-5,8H,1-3H3. The summed E-state index contributed by atoms with van der Waals surface area (Å²) in [7, 11) is 4.71. The largest absolute Gasteiger partial charge is 0.497 e. The van der Waals surface area contributed by atoms with Gasteiger partial charge in [-0.25, -0.2) is 0 Å². The average molecular weight is 192 g/mol. The minimum atomic E-state index is 0.675. The van der Waals surface area contributed by atoms with E-state index in [0.29, 0.717) is 5.75 Å². The van der Waals surface area contributed by atoms with Crippen LogP contribution in [0.1, 0.15) is 5.56 Å². The second-order valence-electron chi connectivity index (χ2n) is 2.50. The Kier molecular flexibility index (Phi) is 3.69. The van der Waals surface area contributed by atoms with Crippen LogP contribution < -0.4 is 9.47 Å². The van der Waals surface area contributed by atoms with E-state index in [1.54, 1.807) is 20.3 Å². The fourth-order valence-corrected chi connectivity index (χ4v) is 1.01. The summed E-state index contributed by atoms with van der Waals surface area (Å²) in [4.78, 5) is 0. The molecular formula is C11H12O3. The van der Waals surface area contributed by atoms with E-state index in [9.17, 15) is 0 Å². The molecule has 3 nitrogen and oxygen atoms in total. The van der Waals surface area contributed by atoms with E-state index in [1.807, 2.05) is 12.1 Å². The molecule has 0 amide bonds. The Hall–Kier alpha value is -1.82. The lowest BCUT2D eigenvalue weighted by Gasteiger charge is -2.05. The van der Waals surface area contributed by atoms with Crippen LogP contribution in [-0.4, -0.2) is 21.3 Å². The van der Waals surface area contributed by atoms with Crippen LogP contribution in [0.5, 0.6) is 11.5 Å². The first-order chi connectivity index (χ1) is 6.81. The van der Waals surface area contributed by atoms with Gasteiger partial charge in [0, 0.05) is 6.07 Å². The van der Waals surface area contributed by atoms with Crippen molar-refractivity contribution in [2.75, 3.05) is 21.3 Å². The highest BCUT2D eigenvalue weighted by atomic mass is 16.5. The Morgan fingerprint density at radius 3 is 2.43 bits per heavy atom. The van der Waals surface area contributed by atoms with Gasteiger partial charge < -0.3 is 14.2 Å². The summed E-state index contributed by atoms with van der Waals surface area (Å²) < 4.78 is 14.9. The molecule has 0 aliphatic heterocycles. The summed E-state index contributed by atoms with van der Waals surface area (Å²) in [5.41, 5.74) is 0.773. The molecule has 0 radical (unpaired) electrons. The van der Waals surface area contributed by atoms with Gasteiger partial charge in [0.15, 0.2) is 0 Å². The molecule has 14 heavy (non-hydrogen) atoms. The molecular weight excluding hydrogens is 180 g/mol. The maximum Gasteiger partial charge on any atom is 0.138 e. The third-order valence-electron chi connectivity index (χ3n) is 1.70. The lowest BCUT2D eigenvalue weighted by Crippen LogP contribution is -1.90. The molecule has 0 unspecified atom stereocenters. The molecule has 74 valence electrons. The van der Waals surface area contributed by atoms with Crippen LogP contribution in [0.4, 0.5) is 0 Å². The van der Waals surface area contributed by atoms with Crippen LogP contribution in [0, 0.1) is 12.0 Å². The molecule has 3 heteroatoms. The Morgan fingerprint density at radius 2 is 1.86 bits per heavy atom. The summed E-state index contributed by atoms with van der Waals surface area (Å²) in [6.45, 7) is 0. The number of hydrogen-bond donors (Lipinski definition) is 0. The lowest BCUT2D eigenvalue weighted by atomic mass is 10.2. The lowest BCUT2D eigenvalue weighted by molar-refractivity contribution is 0.371. The van der Waals surface area contributed by atoms with Crippen LogP contribution in [0.2, 0.25) is 0 Å². The number of ether oxygens (including phenoxy) is 3. The molecule has 0 spiro atoms. The van der Waals surface area contributed by atoms with Crippen molar-refractivity contribution in [3.05, 3.63) is 23.8 Å². The van der Waals surface area contributed by atoms with E-state index in [2.05, 4.69) is 16.8 Å². The summed E-state index contributed by atoms with van der Waals surface area (Å²) in [5.74, 6) is 4.23. The second kappa shape index (κ2) is 5.03. The third-order valence-corrected chi connectivity index (χ3v) is 1.70. The van der Waals surface area contributed by atoms with Crippen molar-refractivity contribution in [1.82, 2.24) is 0 Å². The maximum absolute atomic E-state index is 5.15. The normalized spacial score (nSPS) is 8.50. The Labute approximate surface area is 83.6 Å². The zero-order valence-corrected chi connectivity index (χ0v) is 8.46. The van der Waals surface area contributed by atoms with E-state index in [0.717, 1.165) is 11.3 Å². The maximum atomic E-state index is 5.15. The van der Waals surface area contributed by atoms with E-state index >= 15 is 0 Å². The molecule has 0 aromatic heterocycles. The summed E-state index contributed by atoms with van der Waals surface area (Å²) in [5, 5.41) is 0. The number of methoxy groups -OCH3 is 3. The van der Waals surface area contributed by atoms with Gasteiger partial charge in [0.1, 0.15) is 17.6 Å². The van der Waals surface area contributed by atoms with Gasteiger partial charge in [0.05, 0.1) is 26.9 Å². The van der Waals surface area contributed by atoms with Crippen molar-refractivity contribution in [2.24, 2.45) is 0 Å². The van der Waals surface area contributed by atoms with Gasteiger partial charge in [0.25, 0.3) is 0 Å². The molecule has 0 aliphatic carbocycles. The van der Waals surface area contributed by atoms with E-state index in [-0.39, 0.29) is 0 Å². The summed E-state index contributed by atoms with van der Waals surface area (Å²) >= 11 is 0. The van der Waals surface area contributed by atoms with Crippen molar-refractivity contribution in [3.63, 3.8) is 0 Å². The van der Waals surface area contributed by atoms with Crippen LogP contribution in [-0.2, 0) is 4.74 Å². The van der Waals surface area contributed by atoms with Gasteiger partial charge in [-0.3, -0.25) is 0 Å². The third kappa shape index (κ3) is 2.33. The molecule has 0 fully saturated rings. The van der Waals surface area contributed by atoms with Crippen molar-refractivity contribution in [3.8, 4) is 23.5 Å². The average Bonchev–Trinajstić information content (AvgIpc) is 2.26. The minimum absolute atomic E-state index is 0.675. The van der Waals surface area contributed by atoms with Crippen LogP contribution in [0.15, 0.2) is 18.2 Å². The monoisotopic (exact) mass is 192 g/mol. The smallest absolute Gasteiger partial charge is 0.138 e. The van der Waals surface area contributed by atoms with Crippen molar-refractivity contribution in [1.29, 1.82) is 0 Å². The van der Waals surface area contributed by atoms with Crippen LogP contribution in [0.25, 0.3) is 0 Å². The SMILES string of the molecule is COC#Cc1ccc(OC)cc1OC. The van der Waals surface area contributed by atoms with Gasteiger partial charge in [-0.05, 0) is 18.1 Å². The fraction of sp³-hybridized carbons (Fsp3) is 0.273. The molecule has 0 bridgehead atoms. The van der Waals surface area contributed by atoms with Gasteiger partial charge in [-0.1, -0.05) is 0 Å². The number of rotatable bonds is 2. The molecule has 0 aliphatic rings. The van der Waals surface area contributed by atoms with Crippen molar-refractivity contribution in [2.45, 2.75) is 0 Å². The molecule has 0 saturated heterocycles. The van der Waals surface area contributed by atoms with Gasteiger partial charge in [-0.2, -0.15) is 0 Å². The summed E-state index contributed by atoms with van der Waals surface area (Å²) in [6, 6.07) is 5.42. The van der Waals surface area contributed by atoms with E-state index in [4.69, 9.17) is 9.47 Å².